The Morgan fingerprint density at radius 3 is 2.39 bits per heavy atom. The monoisotopic (exact) mass is 271 g/mol. The quantitative estimate of drug-likeness (QED) is 0.624. The summed E-state index contributed by atoms with van der Waals surface area (Å²) in [4.78, 5) is 13.8. The molecule has 0 saturated carbocycles. The summed E-state index contributed by atoms with van der Waals surface area (Å²) in [5, 5.41) is 0. The Balaban J connectivity index is 3.32. The van der Waals surface area contributed by atoms with E-state index in [1.165, 1.54) is 0 Å². The molecule has 0 aliphatic heterocycles. The molecular formula is C9H6F5NO3. The van der Waals surface area contributed by atoms with Crippen LogP contribution in [0.3, 0.4) is 0 Å². The van der Waals surface area contributed by atoms with Gasteiger partial charge >= 0.3 is 6.36 Å². The van der Waals surface area contributed by atoms with E-state index in [1.807, 2.05) is 0 Å². The van der Waals surface area contributed by atoms with Crippen LogP contribution in [0.5, 0.6) is 11.8 Å². The van der Waals surface area contributed by atoms with Gasteiger partial charge in [-0.15, -0.1) is 13.2 Å². The molecule has 0 fully saturated rings. The highest BCUT2D eigenvalue weighted by atomic mass is 19.4. The van der Waals surface area contributed by atoms with E-state index in [0.717, 1.165) is 7.11 Å². The molecule has 0 N–H and O–H groups in total. The zero-order valence-corrected chi connectivity index (χ0v) is 8.79. The summed E-state index contributed by atoms with van der Waals surface area (Å²) in [5.41, 5.74) is -1.57. The van der Waals surface area contributed by atoms with Gasteiger partial charge in [0.2, 0.25) is 11.8 Å². The van der Waals surface area contributed by atoms with Gasteiger partial charge in [0, 0.05) is 11.6 Å². The van der Waals surface area contributed by atoms with Gasteiger partial charge in [-0.3, -0.25) is 4.79 Å². The fourth-order valence-electron chi connectivity index (χ4n) is 1.15. The van der Waals surface area contributed by atoms with E-state index in [4.69, 9.17) is 0 Å². The van der Waals surface area contributed by atoms with Crippen LogP contribution in [0.25, 0.3) is 0 Å². The number of carbonyl (C=O) groups is 1. The molecule has 0 amide bonds. The number of hydrogen-bond acceptors (Lipinski definition) is 4. The fourth-order valence-corrected chi connectivity index (χ4v) is 1.15. The van der Waals surface area contributed by atoms with Gasteiger partial charge in [-0.05, 0) is 0 Å². The number of hydrogen-bond donors (Lipinski definition) is 0. The molecule has 1 rings (SSSR count). The molecule has 0 atom stereocenters. The normalized spacial score (nSPS) is 11.5. The lowest BCUT2D eigenvalue weighted by Gasteiger charge is -2.12. The summed E-state index contributed by atoms with van der Waals surface area (Å²) >= 11 is 0. The molecule has 0 bridgehead atoms. The van der Waals surface area contributed by atoms with E-state index < -0.39 is 35.7 Å². The van der Waals surface area contributed by atoms with Crippen molar-refractivity contribution in [2.45, 2.75) is 12.8 Å². The number of aromatic nitrogens is 1. The molecule has 0 aliphatic carbocycles. The van der Waals surface area contributed by atoms with E-state index in [9.17, 15) is 26.7 Å². The van der Waals surface area contributed by atoms with E-state index in [2.05, 4.69) is 14.5 Å². The van der Waals surface area contributed by atoms with Crippen molar-refractivity contribution in [1.82, 2.24) is 4.98 Å². The maximum Gasteiger partial charge on any atom is 0.574 e. The molecule has 18 heavy (non-hydrogen) atoms. The minimum Gasteiger partial charge on any atom is -0.480 e. The highest BCUT2D eigenvalue weighted by Gasteiger charge is 2.33. The molecule has 0 aromatic carbocycles. The Hall–Kier alpha value is -1.93. The van der Waals surface area contributed by atoms with Gasteiger partial charge in [-0.1, -0.05) is 0 Å². The predicted molar refractivity (Wildman–Crippen MR) is 47.8 cm³/mol. The van der Waals surface area contributed by atoms with Crippen LogP contribution in [0.15, 0.2) is 6.07 Å². The van der Waals surface area contributed by atoms with Gasteiger partial charge in [-0.2, -0.15) is 4.98 Å². The third-order valence-corrected chi connectivity index (χ3v) is 1.80. The minimum absolute atomic E-state index is 0.0185. The number of carbonyl (C=O) groups excluding carboxylic acids is 1. The van der Waals surface area contributed by atoms with Crippen molar-refractivity contribution in [3.8, 4) is 11.8 Å². The van der Waals surface area contributed by atoms with Crippen molar-refractivity contribution < 1.29 is 36.2 Å². The average molecular weight is 271 g/mol. The van der Waals surface area contributed by atoms with E-state index >= 15 is 0 Å². The van der Waals surface area contributed by atoms with Gasteiger partial charge < -0.3 is 9.47 Å². The average Bonchev–Trinajstić information content (AvgIpc) is 2.25. The van der Waals surface area contributed by atoms with Crippen molar-refractivity contribution in [3.05, 3.63) is 17.2 Å². The van der Waals surface area contributed by atoms with Crippen molar-refractivity contribution in [2.24, 2.45) is 0 Å². The Bertz CT molecular complexity index is 447. The van der Waals surface area contributed by atoms with Crippen molar-refractivity contribution >= 4 is 6.29 Å². The van der Waals surface area contributed by atoms with Crippen LogP contribution in [0.4, 0.5) is 22.0 Å². The van der Waals surface area contributed by atoms with Crippen LogP contribution in [0.1, 0.15) is 22.3 Å². The van der Waals surface area contributed by atoms with E-state index in [1.54, 1.807) is 0 Å². The number of alkyl halides is 5. The first kappa shape index (κ1) is 14.1. The molecule has 100 valence electrons. The number of halogens is 5. The molecule has 1 heterocycles. The third-order valence-electron chi connectivity index (χ3n) is 1.80. The smallest absolute Gasteiger partial charge is 0.480 e. The summed E-state index contributed by atoms with van der Waals surface area (Å²) in [7, 11) is 0.974. The maximum absolute atomic E-state index is 12.6. The molecule has 4 nitrogen and oxygen atoms in total. The number of ether oxygens (including phenoxy) is 2. The van der Waals surface area contributed by atoms with Gasteiger partial charge in [0.05, 0.1) is 12.7 Å². The van der Waals surface area contributed by atoms with Gasteiger partial charge in [0.1, 0.15) is 0 Å². The van der Waals surface area contributed by atoms with Crippen molar-refractivity contribution in [3.63, 3.8) is 0 Å². The number of methoxy groups -OCH3 is 1. The van der Waals surface area contributed by atoms with Crippen LogP contribution in [0, 0.1) is 0 Å². The van der Waals surface area contributed by atoms with E-state index in [-0.39, 0.29) is 6.29 Å². The maximum atomic E-state index is 12.6. The fraction of sp³-hybridized carbons (Fsp3) is 0.333. The summed E-state index contributed by atoms with van der Waals surface area (Å²) < 4.78 is 68.8. The summed E-state index contributed by atoms with van der Waals surface area (Å²) in [5.74, 6) is -1.79. The second-order valence-electron chi connectivity index (χ2n) is 2.94. The SMILES string of the molecule is COc1nc(OC(F)(F)F)cc(C(F)F)c1C=O. The standard InChI is InChI=1S/C9H6F5NO3/c1-17-8-5(3-16)4(7(10)11)2-6(15-8)18-9(12,13)14/h2-3,7H,1H3. The number of aldehydes is 1. The number of nitrogens with zero attached hydrogens (tertiary/aromatic N) is 1. The Morgan fingerprint density at radius 1 is 1.39 bits per heavy atom. The molecule has 0 aliphatic rings. The second-order valence-corrected chi connectivity index (χ2v) is 2.94. The molecule has 0 unspecified atom stereocenters. The minimum atomic E-state index is -5.08. The zero-order valence-electron chi connectivity index (χ0n) is 8.79. The highest BCUT2D eigenvalue weighted by Crippen LogP contribution is 2.32. The van der Waals surface area contributed by atoms with Crippen LogP contribution >= 0.6 is 0 Å². The lowest BCUT2D eigenvalue weighted by molar-refractivity contribution is -0.276. The first-order chi connectivity index (χ1) is 8.28. The molecule has 9 heteroatoms. The van der Waals surface area contributed by atoms with Crippen LogP contribution < -0.4 is 9.47 Å². The molecule has 0 saturated heterocycles. The van der Waals surface area contributed by atoms with Gasteiger partial charge in [0.15, 0.2) is 6.29 Å². The zero-order chi connectivity index (χ0) is 13.9. The number of pyridine rings is 1. The first-order valence-electron chi connectivity index (χ1n) is 4.36. The molecule has 0 radical (unpaired) electrons. The predicted octanol–water partition coefficient (Wildman–Crippen LogP) is 2.74. The second kappa shape index (κ2) is 5.15. The Labute approximate surface area is 97.3 Å². The molecular weight excluding hydrogens is 265 g/mol. The lowest BCUT2D eigenvalue weighted by Crippen LogP contribution is -2.18. The van der Waals surface area contributed by atoms with Crippen LogP contribution in [-0.4, -0.2) is 24.7 Å². The third kappa shape index (κ3) is 3.28. The largest absolute Gasteiger partial charge is 0.574 e. The van der Waals surface area contributed by atoms with Crippen LogP contribution in [0.2, 0.25) is 0 Å². The topological polar surface area (TPSA) is 48.4 Å². The van der Waals surface area contributed by atoms with Crippen molar-refractivity contribution in [1.29, 1.82) is 0 Å². The van der Waals surface area contributed by atoms with Crippen molar-refractivity contribution in [2.75, 3.05) is 7.11 Å². The van der Waals surface area contributed by atoms with E-state index in [0.29, 0.717) is 6.07 Å². The number of rotatable bonds is 4. The van der Waals surface area contributed by atoms with Gasteiger partial charge in [0.25, 0.3) is 6.43 Å². The Kier molecular flexibility index (Phi) is 4.04. The highest BCUT2D eigenvalue weighted by molar-refractivity contribution is 5.81. The lowest BCUT2D eigenvalue weighted by atomic mass is 10.1. The summed E-state index contributed by atoms with van der Waals surface area (Å²) in [6.45, 7) is 0. The summed E-state index contributed by atoms with van der Waals surface area (Å²) in [6.07, 6.45) is -8.23. The molecule has 0 spiro atoms. The van der Waals surface area contributed by atoms with Gasteiger partial charge in [-0.25, -0.2) is 8.78 Å². The first-order valence-corrected chi connectivity index (χ1v) is 4.36. The molecule has 1 aromatic rings. The van der Waals surface area contributed by atoms with Crippen LogP contribution in [-0.2, 0) is 0 Å². The Morgan fingerprint density at radius 2 is 2.00 bits per heavy atom. The molecule has 1 aromatic heterocycles. The summed E-state index contributed by atoms with van der Waals surface area (Å²) in [6, 6.07) is 0.338.